The van der Waals surface area contributed by atoms with Gasteiger partial charge in [-0.25, -0.2) is 0 Å². The van der Waals surface area contributed by atoms with Gasteiger partial charge in [0.25, 0.3) is 5.89 Å². The van der Waals surface area contributed by atoms with Crippen LogP contribution in [0, 0.1) is 0 Å². The molecular formula is C20H18N6O. The highest BCUT2D eigenvalue weighted by molar-refractivity contribution is 5.98. The average Bonchev–Trinajstić information content (AvgIpc) is 3.46. The molecule has 0 atom stereocenters. The van der Waals surface area contributed by atoms with Crippen molar-refractivity contribution < 1.29 is 4.52 Å². The summed E-state index contributed by atoms with van der Waals surface area (Å²) in [6.45, 7) is 0.724. The van der Waals surface area contributed by atoms with Crippen LogP contribution in [0.1, 0.15) is 30.3 Å². The van der Waals surface area contributed by atoms with Gasteiger partial charge in [0.15, 0.2) is 17.3 Å². The fourth-order valence-electron chi connectivity index (χ4n) is 3.09. The molecular weight excluding hydrogens is 340 g/mol. The van der Waals surface area contributed by atoms with Gasteiger partial charge in [-0.2, -0.15) is 4.98 Å². The van der Waals surface area contributed by atoms with E-state index in [1.807, 2.05) is 42.5 Å². The second kappa shape index (κ2) is 6.75. The van der Waals surface area contributed by atoms with E-state index in [2.05, 4.69) is 30.6 Å². The van der Waals surface area contributed by atoms with Crippen molar-refractivity contribution in [3.05, 3.63) is 60.2 Å². The minimum Gasteiger partial charge on any atom is -0.368 e. The molecule has 7 nitrogen and oxygen atoms in total. The Kier molecular flexibility index (Phi) is 3.97. The molecule has 4 aromatic rings. The minimum atomic E-state index is 0.431. The molecule has 1 aliphatic rings. The third-order valence-corrected chi connectivity index (χ3v) is 4.67. The zero-order valence-electron chi connectivity index (χ0n) is 14.7. The van der Waals surface area contributed by atoms with Gasteiger partial charge in [-0.05, 0) is 25.0 Å². The van der Waals surface area contributed by atoms with Crippen molar-refractivity contribution in [2.75, 3.05) is 11.9 Å². The molecule has 0 spiro atoms. The molecule has 0 amide bonds. The first-order valence-corrected chi connectivity index (χ1v) is 9.11. The molecule has 1 N–H and O–H groups in total. The number of fused-ring (bicyclic) bond motifs is 1. The minimum absolute atomic E-state index is 0.431. The van der Waals surface area contributed by atoms with Gasteiger partial charge in [0.2, 0.25) is 0 Å². The van der Waals surface area contributed by atoms with Crippen LogP contribution in [0.15, 0.2) is 53.2 Å². The number of nitrogens with zero attached hydrogens (tertiary/aromatic N) is 5. The standard InChI is InChI=1S/C20H18N6O/c1-2-7-16-15(6-1)17(20-23-18(26-27-20)13-8-9-13)24-25-19(16)22-12-10-14-5-3-4-11-21-14/h1-7,11,13H,8-10,12H2,(H,22,25). The number of nitrogens with one attached hydrogen (secondary N) is 1. The first-order chi connectivity index (χ1) is 13.4. The van der Waals surface area contributed by atoms with E-state index < -0.39 is 0 Å². The largest absolute Gasteiger partial charge is 0.368 e. The van der Waals surface area contributed by atoms with Crippen molar-refractivity contribution in [1.82, 2.24) is 25.3 Å². The summed E-state index contributed by atoms with van der Waals surface area (Å²) in [6.07, 6.45) is 4.88. The Morgan fingerprint density at radius 3 is 2.67 bits per heavy atom. The molecule has 1 saturated carbocycles. The topological polar surface area (TPSA) is 89.6 Å². The Bertz CT molecular complexity index is 1070. The summed E-state index contributed by atoms with van der Waals surface area (Å²) in [6, 6.07) is 13.9. The number of benzene rings is 1. The van der Waals surface area contributed by atoms with Crippen molar-refractivity contribution in [1.29, 1.82) is 0 Å². The van der Waals surface area contributed by atoms with Crippen LogP contribution in [0.25, 0.3) is 22.4 Å². The lowest BCUT2D eigenvalue weighted by Gasteiger charge is -2.09. The Labute approximate surface area is 155 Å². The van der Waals surface area contributed by atoms with E-state index in [1.54, 1.807) is 6.20 Å². The summed E-state index contributed by atoms with van der Waals surface area (Å²) in [4.78, 5) is 8.86. The third-order valence-electron chi connectivity index (χ3n) is 4.67. The Morgan fingerprint density at radius 1 is 1.00 bits per heavy atom. The smallest absolute Gasteiger partial charge is 0.279 e. The van der Waals surface area contributed by atoms with Crippen LogP contribution in [0.2, 0.25) is 0 Å². The van der Waals surface area contributed by atoms with E-state index in [1.165, 1.54) is 0 Å². The monoisotopic (exact) mass is 358 g/mol. The molecule has 7 heteroatoms. The lowest BCUT2D eigenvalue weighted by molar-refractivity contribution is 0.421. The van der Waals surface area contributed by atoms with E-state index in [-0.39, 0.29) is 0 Å². The fraction of sp³-hybridized carbons (Fsp3) is 0.250. The van der Waals surface area contributed by atoms with Gasteiger partial charge in [0, 0.05) is 41.5 Å². The van der Waals surface area contributed by atoms with E-state index in [4.69, 9.17) is 4.52 Å². The van der Waals surface area contributed by atoms with Gasteiger partial charge in [-0.15, -0.1) is 10.2 Å². The van der Waals surface area contributed by atoms with Gasteiger partial charge >= 0.3 is 0 Å². The van der Waals surface area contributed by atoms with Crippen molar-refractivity contribution >= 4 is 16.6 Å². The highest BCUT2D eigenvalue weighted by atomic mass is 16.5. The lowest BCUT2D eigenvalue weighted by Crippen LogP contribution is -2.08. The molecule has 27 heavy (non-hydrogen) atoms. The third kappa shape index (κ3) is 3.23. The van der Waals surface area contributed by atoms with Crippen LogP contribution < -0.4 is 5.32 Å². The van der Waals surface area contributed by atoms with E-state index in [0.717, 1.165) is 53.9 Å². The summed E-state index contributed by atoms with van der Waals surface area (Å²) in [5, 5.41) is 18.1. The maximum Gasteiger partial charge on any atom is 0.279 e. The molecule has 1 fully saturated rings. The first kappa shape index (κ1) is 15.9. The van der Waals surface area contributed by atoms with Gasteiger partial charge in [-0.1, -0.05) is 35.5 Å². The van der Waals surface area contributed by atoms with E-state index in [0.29, 0.717) is 17.5 Å². The van der Waals surface area contributed by atoms with Crippen LogP contribution in [-0.4, -0.2) is 31.9 Å². The molecule has 1 aromatic carbocycles. The summed E-state index contributed by atoms with van der Waals surface area (Å²) >= 11 is 0. The Balaban J connectivity index is 1.42. The highest BCUT2D eigenvalue weighted by Gasteiger charge is 2.29. The van der Waals surface area contributed by atoms with Crippen LogP contribution >= 0.6 is 0 Å². The zero-order valence-corrected chi connectivity index (χ0v) is 14.7. The molecule has 134 valence electrons. The van der Waals surface area contributed by atoms with E-state index in [9.17, 15) is 0 Å². The van der Waals surface area contributed by atoms with Crippen molar-refractivity contribution in [2.24, 2.45) is 0 Å². The number of anilines is 1. The zero-order chi connectivity index (χ0) is 18.1. The van der Waals surface area contributed by atoms with Crippen LogP contribution in [-0.2, 0) is 6.42 Å². The second-order valence-electron chi connectivity index (χ2n) is 6.67. The molecule has 3 aromatic heterocycles. The van der Waals surface area contributed by atoms with Crippen molar-refractivity contribution in [3.63, 3.8) is 0 Å². The van der Waals surface area contributed by atoms with Gasteiger partial charge in [0.1, 0.15) is 0 Å². The number of rotatable bonds is 6. The molecule has 1 aliphatic carbocycles. The quantitative estimate of drug-likeness (QED) is 0.563. The van der Waals surface area contributed by atoms with Gasteiger partial charge in [-0.3, -0.25) is 4.98 Å². The maximum absolute atomic E-state index is 5.45. The molecule has 3 heterocycles. The Hall–Kier alpha value is -3.35. The molecule has 0 bridgehead atoms. The molecule has 0 unspecified atom stereocenters. The van der Waals surface area contributed by atoms with Crippen molar-refractivity contribution in [3.8, 4) is 11.6 Å². The SMILES string of the molecule is c1ccc(CCNc2nnc(-c3nc(C4CC4)no3)c3ccccc23)nc1. The van der Waals surface area contributed by atoms with Crippen LogP contribution in [0.4, 0.5) is 5.82 Å². The average molecular weight is 358 g/mol. The number of hydrogen-bond acceptors (Lipinski definition) is 7. The molecule has 0 saturated heterocycles. The summed E-state index contributed by atoms with van der Waals surface area (Å²) < 4.78 is 5.45. The predicted molar refractivity (Wildman–Crippen MR) is 101 cm³/mol. The number of pyridine rings is 1. The summed E-state index contributed by atoms with van der Waals surface area (Å²) in [5.74, 6) is 2.38. The van der Waals surface area contributed by atoms with Crippen molar-refractivity contribution in [2.45, 2.75) is 25.2 Å². The molecule has 5 rings (SSSR count). The number of hydrogen-bond donors (Lipinski definition) is 1. The maximum atomic E-state index is 5.45. The van der Waals surface area contributed by atoms with E-state index >= 15 is 0 Å². The van der Waals surface area contributed by atoms with Crippen LogP contribution in [0.3, 0.4) is 0 Å². The molecule has 0 radical (unpaired) electrons. The summed E-state index contributed by atoms with van der Waals surface area (Å²) in [5.41, 5.74) is 1.66. The lowest BCUT2D eigenvalue weighted by atomic mass is 10.1. The van der Waals surface area contributed by atoms with Gasteiger partial charge in [0.05, 0.1) is 0 Å². The normalized spacial score (nSPS) is 13.8. The van der Waals surface area contributed by atoms with Gasteiger partial charge < -0.3 is 9.84 Å². The Morgan fingerprint density at radius 2 is 1.85 bits per heavy atom. The van der Waals surface area contributed by atoms with Crippen LogP contribution in [0.5, 0.6) is 0 Å². The highest BCUT2D eigenvalue weighted by Crippen LogP contribution is 2.39. The fourth-order valence-corrected chi connectivity index (χ4v) is 3.09. The summed E-state index contributed by atoms with van der Waals surface area (Å²) in [7, 11) is 0. The predicted octanol–water partition coefficient (Wildman–Crippen LogP) is 3.61. The first-order valence-electron chi connectivity index (χ1n) is 9.11. The number of aromatic nitrogens is 5. The second-order valence-corrected chi connectivity index (χ2v) is 6.67. The molecule has 0 aliphatic heterocycles.